The van der Waals surface area contributed by atoms with Crippen LogP contribution in [0, 0.1) is 5.92 Å². The van der Waals surface area contributed by atoms with Crippen LogP contribution in [0.3, 0.4) is 0 Å². The Bertz CT molecular complexity index is 519. The quantitative estimate of drug-likeness (QED) is 0.753. The number of hydrogen-bond acceptors (Lipinski definition) is 5. The molecule has 0 unspecified atom stereocenters. The van der Waals surface area contributed by atoms with Crippen molar-refractivity contribution >= 4 is 27.9 Å². The summed E-state index contributed by atoms with van der Waals surface area (Å²) in [4.78, 5) is 11.8. The van der Waals surface area contributed by atoms with Gasteiger partial charge in [-0.25, -0.2) is 0 Å². The van der Waals surface area contributed by atoms with Crippen LogP contribution in [0.4, 0.5) is 10.7 Å². The van der Waals surface area contributed by atoms with E-state index in [2.05, 4.69) is 19.2 Å². The number of primary amides is 1. The first-order valence-electron chi connectivity index (χ1n) is 6.89. The maximum absolute atomic E-state index is 11.5. The normalized spacial score (nSPS) is 15.4. The van der Waals surface area contributed by atoms with E-state index in [1.807, 2.05) is 13.8 Å². The van der Waals surface area contributed by atoms with Gasteiger partial charge in [0.1, 0.15) is 15.6 Å². The van der Waals surface area contributed by atoms with Gasteiger partial charge in [-0.05, 0) is 46.5 Å². The van der Waals surface area contributed by atoms with Gasteiger partial charge in [-0.15, -0.1) is 11.3 Å². The van der Waals surface area contributed by atoms with Crippen LogP contribution in [0.5, 0.6) is 5.75 Å². The maximum Gasteiger partial charge on any atom is 0.261 e. The summed E-state index contributed by atoms with van der Waals surface area (Å²) in [5.41, 5.74) is 11.7. The largest absolute Gasteiger partial charge is 0.486 e. The van der Waals surface area contributed by atoms with Gasteiger partial charge in [-0.1, -0.05) is 0 Å². The zero-order valence-corrected chi connectivity index (χ0v) is 13.3. The first-order chi connectivity index (χ1) is 9.22. The third-order valence-electron chi connectivity index (χ3n) is 3.51. The molecule has 0 aromatic carbocycles. The molecule has 0 spiro atoms. The highest BCUT2D eigenvalue weighted by atomic mass is 32.1. The fourth-order valence-electron chi connectivity index (χ4n) is 2.25. The molecule has 0 atom stereocenters. The molecule has 1 amide bonds. The van der Waals surface area contributed by atoms with Gasteiger partial charge in [0.05, 0.1) is 6.10 Å². The highest BCUT2D eigenvalue weighted by Crippen LogP contribution is 2.47. The highest BCUT2D eigenvalue weighted by Gasteiger charge is 2.39. The van der Waals surface area contributed by atoms with Crippen LogP contribution in [0.1, 0.15) is 50.2 Å². The lowest BCUT2D eigenvalue weighted by Crippen LogP contribution is -2.33. The molecule has 1 aliphatic carbocycles. The summed E-state index contributed by atoms with van der Waals surface area (Å²) in [6.45, 7) is 8.17. The molecule has 0 radical (unpaired) electrons. The van der Waals surface area contributed by atoms with Crippen LogP contribution in [-0.4, -0.2) is 17.6 Å². The van der Waals surface area contributed by atoms with Gasteiger partial charge >= 0.3 is 0 Å². The Morgan fingerprint density at radius 2 is 2.05 bits per heavy atom. The van der Waals surface area contributed by atoms with Gasteiger partial charge in [0.15, 0.2) is 5.75 Å². The van der Waals surface area contributed by atoms with Crippen molar-refractivity contribution in [1.29, 1.82) is 0 Å². The molecule has 112 valence electrons. The van der Waals surface area contributed by atoms with E-state index in [-0.39, 0.29) is 11.6 Å². The van der Waals surface area contributed by atoms with Crippen molar-refractivity contribution in [2.75, 3.05) is 11.1 Å². The van der Waals surface area contributed by atoms with Gasteiger partial charge in [0.2, 0.25) is 0 Å². The fraction of sp³-hybridized carbons (Fsp3) is 0.643. The zero-order chi connectivity index (χ0) is 15.1. The second kappa shape index (κ2) is 5.16. The number of nitrogens with two attached hydrogens (primary N) is 2. The van der Waals surface area contributed by atoms with Crippen molar-refractivity contribution in [3.63, 3.8) is 0 Å². The van der Waals surface area contributed by atoms with Crippen molar-refractivity contribution < 1.29 is 9.53 Å². The molecule has 6 heteroatoms. The number of hydrogen-bond donors (Lipinski definition) is 3. The van der Waals surface area contributed by atoms with E-state index < -0.39 is 5.91 Å². The average Bonchev–Trinajstić information content (AvgIpc) is 3.10. The second-order valence-corrected chi connectivity index (χ2v) is 7.18. The minimum absolute atomic E-state index is 0.0165. The predicted octanol–water partition coefficient (Wildman–Crippen LogP) is 2.82. The molecule has 5 nitrogen and oxygen atoms in total. The summed E-state index contributed by atoms with van der Waals surface area (Å²) in [6.07, 6.45) is 2.44. The third kappa shape index (κ3) is 3.00. The second-order valence-electron chi connectivity index (χ2n) is 6.15. The minimum Gasteiger partial charge on any atom is -0.486 e. The lowest BCUT2D eigenvalue weighted by atomic mass is 9.99. The first-order valence-corrected chi connectivity index (χ1v) is 7.71. The Hall–Kier alpha value is -1.43. The van der Waals surface area contributed by atoms with Gasteiger partial charge in [0.25, 0.3) is 5.91 Å². The van der Waals surface area contributed by atoms with Gasteiger partial charge < -0.3 is 21.5 Å². The highest BCUT2D eigenvalue weighted by molar-refractivity contribution is 7.19. The molecule has 0 aliphatic heterocycles. The van der Waals surface area contributed by atoms with Crippen molar-refractivity contribution in [2.45, 2.75) is 52.2 Å². The number of amides is 1. The number of thiophene rings is 1. The van der Waals surface area contributed by atoms with E-state index in [0.29, 0.717) is 22.2 Å². The van der Waals surface area contributed by atoms with Gasteiger partial charge in [-0.2, -0.15) is 0 Å². The third-order valence-corrected chi connectivity index (χ3v) is 4.63. The summed E-state index contributed by atoms with van der Waals surface area (Å²) in [6, 6.07) is 0. The van der Waals surface area contributed by atoms with Crippen LogP contribution in [0.2, 0.25) is 0 Å². The van der Waals surface area contributed by atoms with Crippen molar-refractivity contribution in [1.82, 2.24) is 0 Å². The van der Waals surface area contributed by atoms with Crippen molar-refractivity contribution in [3.05, 3.63) is 4.88 Å². The predicted molar refractivity (Wildman–Crippen MR) is 83.4 cm³/mol. The Morgan fingerprint density at radius 1 is 1.45 bits per heavy atom. The Morgan fingerprint density at radius 3 is 2.50 bits per heavy atom. The van der Waals surface area contributed by atoms with Crippen molar-refractivity contribution in [3.8, 4) is 5.75 Å². The Kier molecular flexibility index (Phi) is 3.86. The van der Waals surface area contributed by atoms with Crippen LogP contribution in [0.15, 0.2) is 0 Å². The summed E-state index contributed by atoms with van der Waals surface area (Å²) < 4.78 is 5.77. The number of anilines is 2. The molecule has 0 bridgehead atoms. The molecule has 2 rings (SSSR count). The maximum atomic E-state index is 11.5. The molecule has 1 fully saturated rings. The fourth-order valence-corrected chi connectivity index (χ4v) is 3.32. The standard InChI is InChI=1S/C14H23N3O2S/c1-7(2)19-10-9(15)11(12(16)18)20-13(10)17-14(3,4)8-5-6-8/h7-8,17H,5-6,15H2,1-4H3,(H2,16,18). The smallest absolute Gasteiger partial charge is 0.261 e. The number of carbonyl (C=O) groups excluding carboxylic acids is 1. The Balaban J connectivity index is 2.34. The van der Waals surface area contributed by atoms with Gasteiger partial charge in [0, 0.05) is 5.54 Å². The van der Waals surface area contributed by atoms with E-state index in [9.17, 15) is 4.79 Å². The molecular weight excluding hydrogens is 274 g/mol. The van der Waals surface area contributed by atoms with Crippen LogP contribution < -0.4 is 21.5 Å². The van der Waals surface area contributed by atoms with Gasteiger partial charge in [-0.3, -0.25) is 4.79 Å². The molecule has 1 aromatic heterocycles. The van der Waals surface area contributed by atoms with E-state index in [0.717, 1.165) is 5.00 Å². The van der Waals surface area contributed by atoms with E-state index in [4.69, 9.17) is 16.2 Å². The molecule has 1 aliphatic rings. The average molecular weight is 297 g/mol. The molecule has 1 heterocycles. The molecule has 1 saturated carbocycles. The monoisotopic (exact) mass is 297 g/mol. The summed E-state index contributed by atoms with van der Waals surface area (Å²) >= 11 is 1.27. The van der Waals surface area contributed by atoms with Crippen molar-refractivity contribution in [2.24, 2.45) is 11.7 Å². The molecule has 0 saturated heterocycles. The molecule has 20 heavy (non-hydrogen) atoms. The topological polar surface area (TPSA) is 90.4 Å². The summed E-state index contributed by atoms with van der Waals surface area (Å²) in [7, 11) is 0. The Labute approximate surface area is 123 Å². The van der Waals surface area contributed by atoms with E-state index in [1.165, 1.54) is 24.2 Å². The number of carbonyl (C=O) groups is 1. The van der Waals surface area contributed by atoms with Crippen LogP contribution >= 0.6 is 11.3 Å². The number of rotatable bonds is 6. The van der Waals surface area contributed by atoms with Crippen LogP contribution in [-0.2, 0) is 0 Å². The SMILES string of the molecule is CC(C)Oc1c(NC(C)(C)C2CC2)sc(C(N)=O)c1N. The zero-order valence-electron chi connectivity index (χ0n) is 12.4. The number of ether oxygens (including phenoxy) is 1. The van der Waals surface area contributed by atoms with E-state index >= 15 is 0 Å². The lowest BCUT2D eigenvalue weighted by Gasteiger charge is -2.27. The summed E-state index contributed by atoms with van der Waals surface area (Å²) in [5.74, 6) is 0.681. The van der Waals surface area contributed by atoms with Crippen LogP contribution in [0.25, 0.3) is 0 Å². The molecule has 1 aromatic rings. The number of nitrogens with one attached hydrogen (secondary N) is 1. The summed E-state index contributed by atoms with van der Waals surface area (Å²) in [5, 5.41) is 4.27. The lowest BCUT2D eigenvalue weighted by molar-refractivity contribution is 0.100. The van der Waals surface area contributed by atoms with E-state index in [1.54, 1.807) is 0 Å². The minimum atomic E-state index is -0.515. The number of nitrogen functional groups attached to an aromatic ring is 1. The molecule has 5 N–H and O–H groups in total. The first kappa shape index (κ1) is 15.0. The molecular formula is C14H23N3O2S.